The third-order valence-corrected chi connectivity index (χ3v) is 4.84. The lowest BCUT2D eigenvalue weighted by atomic mass is 9.96. The lowest BCUT2D eigenvalue weighted by molar-refractivity contribution is -0.0533. The van der Waals surface area contributed by atoms with Gasteiger partial charge in [-0.05, 0) is 30.5 Å². The van der Waals surface area contributed by atoms with Crippen molar-refractivity contribution in [3.63, 3.8) is 0 Å². The predicted octanol–water partition coefficient (Wildman–Crippen LogP) is 3.41. The van der Waals surface area contributed by atoms with Crippen molar-refractivity contribution in [3.8, 4) is 18.0 Å². The number of aryl methyl sites for hydroxylation is 1. The van der Waals surface area contributed by atoms with E-state index in [0.717, 1.165) is 16.7 Å². The zero-order valence-electron chi connectivity index (χ0n) is 15.5. The number of alkyl halides is 2. The van der Waals surface area contributed by atoms with E-state index in [0.29, 0.717) is 43.0 Å². The van der Waals surface area contributed by atoms with Gasteiger partial charge in [0.25, 0.3) is 0 Å². The van der Waals surface area contributed by atoms with Gasteiger partial charge in [0.05, 0.1) is 11.6 Å². The summed E-state index contributed by atoms with van der Waals surface area (Å²) in [4.78, 5) is 10.3. The Labute approximate surface area is 171 Å². The molecule has 0 aromatic carbocycles. The van der Waals surface area contributed by atoms with Crippen LogP contribution in [-0.2, 0) is 19.5 Å². The minimum Gasteiger partial charge on any atom is -0.417 e. The highest BCUT2D eigenvalue weighted by molar-refractivity contribution is 6.30. The lowest BCUT2D eigenvalue weighted by Crippen LogP contribution is -2.32. The zero-order chi connectivity index (χ0) is 21.0. The normalized spacial score (nSPS) is 13.5. The first kappa shape index (κ1) is 20.7. The van der Waals surface area contributed by atoms with Crippen LogP contribution in [0.5, 0.6) is 5.88 Å². The number of fused-ring (bicyclic) bond motifs is 1. The molecule has 3 heterocycles. The van der Waals surface area contributed by atoms with Crippen LogP contribution >= 0.6 is 11.6 Å². The molecule has 0 saturated carbocycles. The topological polar surface area (TPSA) is 97.9 Å². The van der Waals surface area contributed by atoms with Gasteiger partial charge < -0.3 is 10.1 Å². The Kier molecular flexibility index (Phi) is 6.42. The van der Waals surface area contributed by atoms with Crippen molar-refractivity contribution in [3.05, 3.63) is 45.2 Å². The van der Waals surface area contributed by atoms with E-state index in [2.05, 4.69) is 31.0 Å². The maximum Gasteiger partial charge on any atom is 0.388 e. The van der Waals surface area contributed by atoms with Gasteiger partial charge in [-0.25, -0.2) is 9.97 Å². The molecule has 1 aliphatic rings. The van der Waals surface area contributed by atoms with E-state index in [1.165, 1.54) is 6.20 Å². The van der Waals surface area contributed by atoms with E-state index >= 15 is 0 Å². The SMILES string of the molecule is Cc1cc(CN2CCc3c(NCC#N)nc(Cl)c(C#N)c3C2)cnc1OC(F)F. The minimum atomic E-state index is -2.92. The molecule has 0 atom stereocenters. The van der Waals surface area contributed by atoms with Crippen LogP contribution in [0.4, 0.5) is 14.6 Å². The quantitative estimate of drug-likeness (QED) is 0.567. The Morgan fingerprint density at radius 2 is 2.17 bits per heavy atom. The lowest BCUT2D eigenvalue weighted by Gasteiger charge is -2.30. The molecule has 1 aliphatic heterocycles. The predicted molar refractivity (Wildman–Crippen MR) is 101 cm³/mol. The minimum absolute atomic E-state index is 0.0867. The molecular formula is C19H17ClF2N6O. The molecule has 29 heavy (non-hydrogen) atoms. The second-order valence-corrected chi connectivity index (χ2v) is 6.87. The number of nitrogens with one attached hydrogen (secondary N) is 1. The fourth-order valence-corrected chi connectivity index (χ4v) is 3.59. The standard InChI is InChI=1S/C19H17ClF2N6O/c1-11-6-12(8-26-18(11)29-19(21)22)9-28-5-2-13-15(10-28)14(7-24)16(20)27-17(13)25-4-3-23/h6,8,19H,2,4-5,9-10H2,1H3,(H,25,27). The molecule has 0 amide bonds. The monoisotopic (exact) mass is 418 g/mol. The number of rotatable bonds is 6. The Balaban J connectivity index is 1.82. The van der Waals surface area contributed by atoms with Crippen molar-refractivity contribution < 1.29 is 13.5 Å². The maximum absolute atomic E-state index is 12.4. The number of hydrogen-bond donors (Lipinski definition) is 1. The fourth-order valence-electron chi connectivity index (χ4n) is 3.35. The smallest absolute Gasteiger partial charge is 0.388 e. The molecule has 0 saturated heterocycles. The molecule has 0 aliphatic carbocycles. The largest absolute Gasteiger partial charge is 0.417 e. The van der Waals surface area contributed by atoms with E-state index in [1.807, 2.05) is 6.07 Å². The Morgan fingerprint density at radius 3 is 2.83 bits per heavy atom. The summed E-state index contributed by atoms with van der Waals surface area (Å²) >= 11 is 6.17. The Bertz CT molecular complexity index is 1000. The first-order valence-electron chi connectivity index (χ1n) is 8.77. The Hall–Kier alpha value is -3.01. The molecule has 0 spiro atoms. The molecule has 0 unspecified atom stereocenters. The second-order valence-electron chi connectivity index (χ2n) is 6.51. The van der Waals surface area contributed by atoms with Gasteiger partial charge in [-0.15, -0.1) is 0 Å². The van der Waals surface area contributed by atoms with Crippen LogP contribution in [0.1, 0.15) is 27.8 Å². The maximum atomic E-state index is 12.4. The first-order valence-corrected chi connectivity index (χ1v) is 9.15. The molecule has 1 N–H and O–H groups in total. The van der Waals surface area contributed by atoms with Gasteiger partial charge in [0.1, 0.15) is 23.6 Å². The number of anilines is 1. The van der Waals surface area contributed by atoms with Gasteiger partial charge in [0, 0.05) is 37.0 Å². The molecule has 2 aromatic rings. The van der Waals surface area contributed by atoms with Crippen LogP contribution in [0.2, 0.25) is 5.15 Å². The van der Waals surface area contributed by atoms with Crippen LogP contribution in [0.25, 0.3) is 0 Å². The summed E-state index contributed by atoms with van der Waals surface area (Å²) in [6, 6.07) is 5.87. The van der Waals surface area contributed by atoms with E-state index in [-0.39, 0.29) is 17.6 Å². The molecule has 7 nitrogen and oxygen atoms in total. The van der Waals surface area contributed by atoms with Gasteiger partial charge in [-0.3, -0.25) is 4.90 Å². The highest BCUT2D eigenvalue weighted by atomic mass is 35.5. The van der Waals surface area contributed by atoms with E-state index in [9.17, 15) is 14.0 Å². The summed E-state index contributed by atoms with van der Waals surface area (Å²) < 4.78 is 29.2. The van der Waals surface area contributed by atoms with Crippen molar-refractivity contribution in [2.45, 2.75) is 33.0 Å². The van der Waals surface area contributed by atoms with Crippen molar-refractivity contribution >= 4 is 17.4 Å². The molecule has 3 rings (SSSR count). The number of hydrogen-bond acceptors (Lipinski definition) is 7. The summed E-state index contributed by atoms with van der Waals surface area (Å²) in [5.74, 6) is 0.432. The van der Waals surface area contributed by atoms with E-state index < -0.39 is 6.61 Å². The van der Waals surface area contributed by atoms with Crippen LogP contribution in [0.15, 0.2) is 12.3 Å². The number of pyridine rings is 2. The van der Waals surface area contributed by atoms with Gasteiger partial charge in [-0.2, -0.15) is 19.3 Å². The summed E-state index contributed by atoms with van der Waals surface area (Å²) in [7, 11) is 0. The van der Waals surface area contributed by atoms with Crippen LogP contribution < -0.4 is 10.1 Å². The number of nitriles is 2. The number of aromatic nitrogens is 2. The van der Waals surface area contributed by atoms with Crippen molar-refractivity contribution in [1.29, 1.82) is 10.5 Å². The van der Waals surface area contributed by atoms with E-state index in [1.54, 1.807) is 13.0 Å². The summed E-state index contributed by atoms with van der Waals surface area (Å²) in [6.07, 6.45) is 2.13. The summed E-state index contributed by atoms with van der Waals surface area (Å²) in [6.45, 7) is 0.508. The van der Waals surface area contributed by atoms with E-state index in [4.69, 9.17) is 16.9 Å². The third kappa shape index (κ3) is 4.70. The van der Waals surface area contributed by atoms with Crippen LogP contribution in [0, 0.1) is 29.6 Å². The molecular weight excluding hydrogens is 402 g/mol. The number of halogens is 3. The number of ether oxygens (including phenoxy) is 1. The van der Waals surface area contributed by atoms with Crippen LogP contribution in [-0.4, -0.2) is 34.6 Å². The molecule has 2 aromatic heterocycles. The van der Waals surface area contributed by atoms with Crippen molar-refractivity contribution in [2.24, 2.45) is 0 Å². The average Bonchev–Trinajstić information content (AvgIpc) is 2.68. The fraction of sp³-hybridized carbons (Fsp3) is 0.368. The summed E-state index contributed by atoms with van der Waals surface area (Å²) in [5.41, 5.74) is 3.35. The van der Waals surface area contributed by atoms with Gasteiger partial charge in [0.15, 0.2) is 0 Å². The molecule has 0 fully saturated rings. The Morgan fingerprint density at radius 1 is 1.38 bits per heavy atom. The van der Waals surface area contributed by atoms with Crippen molar-refractivity contribution in [2.75, 3.05) is 18.4 Å². The molecule has 0 radical (unpaired) electrons. The van der Waals surface area contributed by atoms with Crippen molar-refractivity contribution in [1.82, 2.24) is 14.9 Å². The summed E-state index contributed by atoms with van der Waals surface area (Å²) in [5, 5.41) is 21.3. The molecule has 150 valence electrons. The van der Waals surface area contributed by atoms with Gasteiger partial charge in [0.2, 0.25) is 5.88 Å². The van der Waals surface area contributed by atoms with Gasteiger partial charge >= 0.3 is 6.61 Å². The zero-order valence-corrected chi connectivity index (χ0v) is 16.3. The second kappa shape index (κ2) is 8.99. The highest BCUT2D eigenvalue weighted by Crippen LogP contribution is 2.32. The average molecular weight is 419 g/mol. The van der Waals surface area contributed by atoms with Crippen LogP contribution in [0.3, 0.4) is 0 Å². The highest BCUT2D eigenvalue weighted by Gasteiger charge is 2.25. The third-order valence-electron chi connectivity index (χ3n) is 4.57. The molecule has 0 bridgehead atoms. The first-order chi connectivity index (χ1) is 13.9. The molecule has 10 heteroatoms. The van der Waals surface area contributed by atoms with Gasteiger partial charge in [-0.1, -0.05) is 11.6 Å². The number of nitrogens with zero attached hydrogens (tertiary/aromatic N) is 5.